The van der Waals surface area contributed by atoms with E-state index in [0.717, 1.165) is 18.7 Å². The van der Waals surface area contributed by atoms with Gasteiger partial charge in [-0.3, -0.25) is 4.79 Å². The maximum Gasteiger partial charge on any atom is 0.220 e. The van der Waals surface area contributed by atoms with Crippen molar-refractivity contribution in [3.63, 3.8) is 0 Å². The fraction of sp³-hybridized carbons (Fsp3) is 0.667. The van der Waals surface area contributed by atoms with Crippen molar-refractivity contribution in [1.82, 2.24) is 10.6 Å². The number of ether oxygens (including phenoxy) is 1. The molecule has 1 saturated heterocycles. The summed E-state index contributed by atoms with van der Waals surface area (Å²) in [6, 6.07) is 4.77. The number of benzene rings is 1. The Morgan fingerprint density at radius 2 is 2.11 bits per heavy atom. The third-order valence-electron chi connectivity index (χ3n) is 5.65. The van der Waals surface area contributed by atoms with Crippen LogP contribution in [0.5, 0.6) is 5.75 Å². The van der Waals surface area contributed by atoms with Gasteiger partial charge in [-0.05, 0) is 81.1 Å². The van der Waals surface area contributed by atoms with Gasteiger partial charge in [0, 0.05) is 6.42 Å². The van der Waals surface area contributed by atoms with Crippen molar-refractivity contribution >= 4 is 18.3 Å². The van der Waals surface area contributed by atoms with Crippen LogP contribution in [0.25, 0.3) is 0 Å². The first-order valence-electron chi connectivity index (χ1n) is 9.95. The molecule has 6 heteroatoms. The van der Waals surface area contributed by atoms with Gasteiger partial charge in [-0.2, -0.15) is 0 Å². The summed E-state index contributed by atoms with van der Waals surface area (Å²) in [4.78, 5) is 12.4. The fourth-order valence-electron chi connectivity index (χ4n) is 3.60. The van der Waals surface area contributed by atoms with Gasteiger partial charge >= 0.3 is 0 Å². The molecule has 1 heterocycles. The zero-order valence-electron chi connectivity index (χ0n) is 16.3. The van der Waals surface area contributed by atoms with Crippen LogP contribution in [0.4, 0.5) is 4.39 Å². The van der Waals surface area contributed by atoms with Gasteiger partial charge in [-0.15, -0.1) is 12.4 Å². The van der Waals surface area contributed by atoms with Crippen LogP contribution in [-0.4, -0.2) is 25.6 Å². The molecule has 1 aliphatic heterocycles. The monoisotopic (exact) mass is 398 g/mol. The fourth-order valence-corrected chi connectivity index (χ4v) is 3.60. The number of carbonyl (C=O) groups is 1. The lowest BCUT2D eigenvalue weighted by Gasteiger charge is -2.28. The lowest BCUT2D eigenvalue weighted by Crippen LogP contribution is -2.36. The standard InChI is InChI=1S/C21H31FN2O2.ClH/c1-14(18-4-3-9-23-12-18)10-21(25)24-15(2)17-7-8-20(19(22)11-17)26-13-16-5-6-16;/h7-8,11,14-16,18,23H,3-6,9-10,12-13H2,1-2H3,(H,24,25);1H. The molecule has 1 aliphatic carbocycles. The molecule has 152 valence electrons. The Bertz CT molecular complexity index is 618. The predicted molar refractivity (Wildman–Crippen MR) is 108 cm³/mol. The predicted octanol–water partition coefficient (Wildman–Crippen LogP) is 4.24. The minimum atomic E-state index is -0.356. The Labute approximate surface area is 168 Å². The van der Waals surface area contributed by atoms with Gasteiger partial charge in [-0.25, -0.2) is 4.39 Å². The molecule has 3 rings (SSSR count). The highest BCUT2D eigenvalue weighted by atomic mass is 35.5. The summed E-state index contributed by atoms with van der Waals surface area (Å²) >= 11 is 0. The first-order chi connectivity index (χ1) is 12.5. The summed E-state index contributed by atoms with van der Waals surface area (Å²) in [5.74, 6) is 1.48. The highest BCUT2D eigenvalue weighted by molar-refractivity contribution is 5.85. The minimum Gasteiger partial charge on any atom is -0.490 e. The minimum absolute atomic E-state index is 0. The molecule has 1 aromatic carbocycles. The van der Waals surface area contributed by atoms with E-state index in [9.17, 15) is 9.18 Å². The van der Waals surface area contributed by atoms with Gasteiger partial charge in [-0.1, -0.05) is 13.0 Å². The highest BCUT2D eigenvalue weighted by Gasteiger charge is 2.24. The van der Waals surface area contributed by atoms with E-state index in [2.05, 4.69) is 17.6 Å². The molecule has 27 heavy (non-hydrogen) atoms. The second-order valence-electron chi connectivity index (χ2n) is 8.02. The topological polar surface area (TPSA) is 50.4 Å². The SMILES string of the molecule is CC(NC(=O)CC(C)C1CCCNC1)c1ccc(OCC2CC2)c(F)c1.Cl. The van der Waals surface area contributed by atoms with Crippen molar-refractivity contribution in [1.29, 1.82) is 0 Å². The summed E-state index contributed by atoms with van der Waals surface area (Å²) in [5, 5.41) is 6.41. The van der Waals surface area contributed by atoms with E-state index in [1.807, 2.05) is 13.0 Å². The summed E-state index contributed by atoms with van der Waals surface area (Å²) in [7, 11) is 0. The Morgan fingerprint density at radius 3 is 2.74 bits per heavy atom. The quantitative estimate of drug-likeness (QED) is 0.688. The van der Waals surface area contributed by atoms with E-state index < -0.39 is 0 Å². The van der Waals surface area contributed by atoms with Crippen LogP contribution in [0.2, 0.25) is 0 Å². The number of hydrogen-bond acceptors (Lipinski definition) is 3. The molecule has 3 unspecified atom stereocenters. The average Bonchev–Trinajstić information content (AvgIpc) is 3.45. The lowest BCUT2D eigenvalue weighted by atomic mass is 9.85. The zero-order valence-corrected chi connectivity index (χ0v) is 17.1. The van der Waals surface area contributed by atoms with Crippen LogP contribution in [0.15, 0.2) is 18.2 Å². The van der Waals surface area contributed by atoms with Gasteiger partial charge in [0.2, 0.25) is 5.91 Å². The molecule has 3 atom stereocenters. The molecule has 0 spiro atoms. The van der Waals surface area contributed by atoms with E-state index in [1.54, 1.807) is 6.07 Å². The molecular formula is C21H32ClFN2O2. The normalized spacial score (nSPS) is 21.7. The number of piperidine rings is 1. The van der Waals surface area contributed by atoms with E-state index in [4.69, 9.17) is 4.74 Å². The van der Waals surface area contributed by atoms with Crippen LogP contribution in [0.3, 0.4) is 0 Å². The van der Waals surface area contributed by atoms with Crippen molar-refractivity contribution in [2.75, 3.05) is 19.7 Å². The summed E-state index contributed by atoms with van der Waals surface area (Å²) < 4.78 is 19.8. The maximum atomic E-state index is 14.2. The van der Waals surface area contributed by atoms with Gasteiger partial charge in [0.15, 0.2) is 11.6 Å². The van der Waals surface area contributed by atoms with Crippen LogP contribution >= 0.6 is 12.4 Å². The number of halogens is 2. The summed E-state index contributed by atoms with van der Waals surface area (Å²) in [6.07, 6.45) is 5.24. The average molecular weight is 399 g/mol. The molecular weight excluding hydrogens is 367 g/mol. The summed E-state index contributed by atoms with van der Waals surface area (Å²) in [6.45, 7) is 6.71. The molecule has 1 aromatic rings. The van der Waals surface area contributed by atoms with Crippen molar-refractivity contribution in [3.8, 4) is 5.75 Å². The maximum absolute atomic E-state index is 14.2. The Balaban J connectivity index is 0.00000261. The number of rotatable bonds is 8. The van der Waals surface area contributed by atoms with E-state index in [1.165, 1.54) is 31.7 Å². The van der Waals surface area contributed by atoms with Crippen molar-refractivity contribution < 1.29 is 13.9 Å². The van der Waals surface area contributed by atoms with Crippen molar-refractivity contribution in [2.24, 2.45) is 17.8 Å². The van der Waals surface area contributed by atoms with Gasteiger partial charge in [0.05, 0.1) is 12.6 Å². The first-order valence-corrected chi connectivity index (χ1v) is 9.95. The van der Waals surface area contributed by atoms with E-state index >= 15 is 0 Å². The number of amides is 1. The molecule has 0 radical (unpaired) electrons. The van der Waals surface area contributed by atoms with Crippen LogP contribution in [-0.2, 0) is 4.79 Å². The van der Waals surface area contributed by atoms with Crippen LogP contribution in [0, 0.1) is 23.6 Å². The van der Waals surface area contributed by atoms with Crippen molar-refractivity contribution in [2.45, 2.75) is 52.0 Å². The lowest BCUT2D eigenvalue weighted by molar-refractivity contribution is -0.123. The Hall–Kier alpha value is -1.33. The van der Waals surface area contributed by atoms with Gasteiger partial charge in [0.25, 0.3) is 0 Å². The summed E-state index contributed by atoms with van der Waals surface area (Å²) in [5.41, 5.74) is 0.765. The Morgan fingerprint density at radius 1 is 1.33 bits per heavy atom. The molecule has 0 bridgehead atoms. The first kappa shape index (κ1) is 22.0. The molecule has 2 fully saturated rings. The largest absolute Gasteiger partial charge is 0.490 e. The molecule has 1 saturated carbocycles. The van der Waals surface area contributed by atoms with Gasteiger partial charge < -0.3 is 15.4 Å². The number of hydrogen-bond donors (Lipinski definition) is 2. The highest BCUT2D eigenvalue weighted by Crippen LogP contribution is 2.30. The molecule has 2 N–H and O–H groups in total. The van der Waals surface area contributed by atoms with Gasteiger partial charge in [0.1, 0.15) is 0 Å². The molecule has 0 aromatic heterocycles. The Kier molecular flexibility index (Phi) is 8.36. The second kappa shape index (κ2) is 10.3. The zero-order chi connectivity index (χ0) is 18.5. The number of carbonyl (C=O) groups excluding carboxylic acids is 1. The molecule has 2 aliphatic rings. The third kappa shape index (κ3) is 6.65. The van der Waals surface area contributed by atoms with E-state index in [0.29, 0.717) is 36.5 Å². The third-order valence-corrected chi connectivity index (χ3v) is 5.65. The number of nitrogens with one attached hydrogen (secondary N) is 2. The van der Waals surface area contributed by atoms with Crippen LogP contribution in [0.1, 0.15) is 57.6 Å². The smallest absolute Gasteiger partial charge is 0.220 e. The van der Waals surface area contributed by atoms with Crippen molar-refractivity contribution in [3.05, 3.63) is 29.6 Å². The van der Waals surface area contributed by atoms with Crippen LogP contribution < -0.4 is 15.4 Å². The van der Waals surface area contributed by atoms with E-state index in [-0.39, 0.29) is 30.2 Å². The molecule has 4 nitrogen and oxygen atoms in total. The molecule has 1 amide bonds. The second-order valence-corrected chi connectivity index (χ2v) is 8.02.